The van der Waals surface area contributed by atoms with Gasteiger partial charge in [0.1, 0.15) is 16.4 Å². The number of benzene rings is 1. The van der Waals surface area contributed by atoms with E-state index >= 15 is 0 Å². The number of carbonyl (C=O) groups excluding carboxylic acids is 1. The van der Waals surface area contributed by atoms with Crippen molar-refractivity contribution in [2.24, 2.45) is 0 Å². The van der Waals surface area contributed by atoms with Crippen molar-refractivity contribution >= 4 is 44.3 Å². The number of anilines is 1. The van der Waals surface area contributed by atoms with Crippen LogP contribution >= 0.6 is 27.5 Å². The highest BCUT2D eigenvalue weighted by Gasteiger charge is 2.21. The first-order valence-corrected chi connectivity index (χ1v) is 6.93. The van der Waals surface area contributed by atoms with E-state index in [0.29, 0.717) is 5.69 Å². The number of amides is 1. The summed E-state index contributed by atoms with van der Waals surface area (Å²) in [5.74, 6) is -2.63. The van der Waals surface area contributed by atoms with E-state index in [0.717, 1.165) is 11.5 Å². The third-order valence-electron chi connectivity index (χ3n) is 2.50. The Kier molecular flexibility index (Phi) is 4.15. The second-order valence-electron chi connectivity index (χ2n) is 3.83. The van der Waals surface area contributed by atoms with Crippen LogP contribution in [-0.2, 0) is 0 Å². The summed E-state index contributed by atoms with van der Waals surface area (Å²) < 4.78 is 17.8. The number of nitrogens with one attached hydrogen (secondary N) is 1. The maximum Gasteiger partial charge on any atom is 0.340 e. The van der Waals surface area contributed by atoms with Gasteiger partial charge in [-0.1, -0.05) is 6.07 Å². The number of carboxylic acid groups (broad SMARTS) is 1. The molecule has 1 amide bonds. The summed E-state index contributed by atoms with van der Waals surface area (Å²) in [6.07, 6.45) is 0. The van der Waals surface area contributed by atoms with Crippen molar-refractivity contribution in [2.45, 2.75) is 6.92 Å². The SMILES string of the molecule is Cc1nsc(NC(=O)c2cccc(Br)c2F)c1C(=O)O. The highest BCUT2D eigenvalue weighted by atomic mass is 79.9. The first-order chi connectivity index (χ1) is 9.41. The van der Waals surface area contributed by atoms with Crippen molar-refractivity contribution in [1.29, 1.82) is 0 Å². The number of rotatable bonds is 3. The van der Waals surface area contributed by atoms with Gasteiger partial charge in [0.05, 0.1) is 15.7 Å². The molecular weight excluding hydrogens is 351 g/mol. The highest BCUT2D eigenvalue weighted by Crippen LogP contribution is 2.26. The lowest BCUT2D eigenvalue weighted by molar-refractivity contribution is 0.0697. The third kappa shape index (κ3) is 2.70. The maximum absolute atomic E-state index is 13.8. The number of aromatic carboxylic acids is 1. The maximum atomic E-state index is 13.8. The van der Waals surface area contributed by atoms with Crippen LogP contribution < -0.4 is 5.32 Å². The zero-order valence-corrected chi connectivity index (χ0v) is 12.5. The van der Waals surface area contributed by atoms with E-state index in [1.807, 2.05) is 0 Å². The Hall–Kier alpha value is -1.80. The second kappa shape index (κ2) is 5.68. The Labute approximate surface area is 125 Å². The number of hydrogen-bond donors (Lipinski definition) is 2. The topological polar surface area (TPSA) is 79.3 Å². The fraction of sp³-hybridized carbons (Fsp3) is 0.0833. The average molecular weight is 359 g/mol. The lowest BCUT2D eigenvalue weighted by atomic mass is 10.2. The summed E-state index contributed by atoms with van der Waals surface area (Å²) in [5, 5.41) is 11.5. The van der Waals surface area contributed by atoms with Gasteiger partial charge in [-0.2, -0.15) is 4.37 Å². The quantitative estimate of drug-likeness (QED) is 0.881. The van der Waals surface area contributed by atoms with Crippen LogP contribution in [0.5, 0.6) is 0 Å². The minimum absolute atomic E-state index is 0.0828. The van der Waals surface area contributed by atoms with Crippen LogP contribution in [0.4, 0.5) is 9.39 Å². The van der Waals surface area contributed by atoms with Crippen LogP contribution in [0.25, 0.3) is 0 Å². The first-order valence-electron chi connectivity index (χ1n) is 5.36. The molecule has 2 rings (SSSR count). The van der Waals surface area contributed by atoms with Crippen molar-refractivity contribution in [3.8, 4) is 0 Å². The predicted octanol–water partition coefficient (Wildman–Crippen LogP) is 3.30. The molecule has 0 atom stereocenters. The van der Waals surface area contributed by atoms with Gasteiger partial charge < -0.3 is 10.4 Å². The van der Waals surface area contributed by atoms with E-state index < -0.39 is 17.7 Å². The normalized spacial score (nSPS) is 10.3. The summed E-state index contributed by atoms with van der Waals surface area (Å²) >= 11 is 3.82. The zero-order chi connectivity index (χ0) is 14.9. The molecule has 8 heteroatoms. The van der Waals surface area contributed by atoms with Crippen LogP contribution in [0.2, 0.25) is 0 Å². The smallest absolute Gasteiger partial charge is 0.340 e. The van der Waals surface area contributed by atoms with Crippen LogP contribution in [0.3, 0.4) is 0 Å². The zero-order valence-electron chi connectivity index (χ0n) is 10.1. The van der Waals surface area contributed by atoms with Crippen molar-refractivity contribution in [3.63, 3.8) is 0 Å². The molecule has 1 aromatic carbocycles. The molecule has 0 aliphatic carbocycles. The molecule has 1 aromatic heterocycles. The van der Waals surface area contributed by atoms with Gasteiger partial charge in [-0.25, -0.2) is 9.18 Å². The number of halogens is 2. The van der Waals surface area contributed by atoms with Crippen LogP contribution in [0.15, 0.2) is 22.7 Å². The molecule has 0 radical (unpaired) electrons. The number of nitrogens with zero attached hydrogens (tertiary/aromatic N) is 1. The van der Waals surface area contributed by atoms with Gasteiger partial charge in [0.2, 0.25) is 0 Å². The molecule has 1 heterocycles. The van der Waals surface area contributed by atoms with E-state index in [-0.39, 0.29) is 20.6 Å². The highest BCUT2D eigenvalue weighted by molar-refractivity contribution is 9.10. The Morgan fingerprint density at radius 3 is 2.80 bits per heavy atom. The Morgan fingerprint density at radius 2 is 2.15 bits per heavy atom. The van der Waals surface area contributed by atoms with Gasteiger partial charge in [0, 0.05) is 0 Å². The van der Waals surface area contributed by atoms with Crippen molar-refractivity contribution in [3.05, 3.63) is 45.3 Å². The second-order valence-corrected chi connectivity index (χ2v) is 5.46. The van der Waals surface area contributed by atoms with Crippen molar-refractivity contribution < 1.29 is 19.1 Å². The molecule has 0 saturated carbocycles. The van der Waals surface area contributed by atoms with E-state index in [1.165, 1.54) is 25.1 Å². The standard InChI is InChI=1S/C12H8BrFN2O3S/c1-5-8(12(18)19)11(20-16-5)15-10(17)6-3-2-4-7(13)9(6)14/h2-4H,1H3,(H,15,17)(H,18,19). The largest absolute Gasteiger partial charge is 0.478 e. The lowest BCUT2D eigenvalue weighted by Crippen LogP contribution is -2.15. The summed E-state index contributed by atoms with van der Waals surface area (Å²) in [6.45, 7) is 1.52. The molecule has 0 bridgehead atoms. The van der Waals surface area contributed by atoms with Crippen molar-refractivity contribution in [1.82, 2.24) is 4.37 Å². The number of hydrogen-bond acceptors (Lipinski definition) is 4. The van der Waals surface area contributed by atoms with Crippen molar-refractivity contribution in [2.75, 3.05) is 5.32 Å². The van der Waals surface area contributed by atoms with Gasteiger partial charge in [0.25, 0.3) is 5.91 Å². The Morgan fingerprint density at radius 1 is 1.45 bits per heavy atom. The van der Waals surface area contributed by atoms with E-state index in [4.69, 9.17) is 5.11 Å². The number of carbonyl (C=O) groups is 2. The predicted molar refractivity (Wildman–Crippen MR) is 75.9 cm³/mol. The number of aromatic nitrogens is 1. The Balaban J connectivity index is 2.33. The van der Waals surface area contributed by atoms with Gasteiger partial charge in [0.15, 0.2) is 0 Å². The van der Waals surface area contributed by atoms with Gasteiger partial charge in [-0.3, -0.25) is 4.79 Å². The molecule has 0 saturated heterocycles. The first kappa shape index (κ1) is 14.6. The third-order valence-corrected chi connectivity index (χ3v) is 3.97. The molecule has 0 unspecified atom stereocenters. The monoisotopic (exact) mass is 358 g/mol. The Bertz CT molecular complexity index is 702. The fourth-order valence-corrected chi connectivity index (χ4v) is 2.71. The summed E-state index contributed by atoms with van der Waals surface area (Å²) in [6, 6.07) is 4.29. The summed E-state index contributed by atoms with van der Waals surface area (Å²) in [7, 11) is 0. The molecule has 20 heavy (non-hydrogen) atoms. The van der Waals surface area contributed by atoms with Gasteiger partial charge in [-0.05, 0) is 46.5 Å². The van der Waals surface area contributed by atoms with Gasteiger partial charge in [-0.15, -0.1) is 0 Å². The van der Waals surface area contributed by atoms with E-state index in [9.17, 15) is 14.0 Å². The minimum atomic E-state index is -1.19. The molecule has 0 aliphatic rings. The van der Waals surface area contributed by atoms with E-state index in [1.54, 1.807) is 0 Å². The molecular formula is C12H8BrFN2O3S. The molecule has 2 aromatic rings. The summed E-state index contributed by atoms with van der Waals surface area (Å²) in [4.78, 5) is 23.1. The molecule has 0 spiro atoms. The molecule has 0 fully saturated rings. The molecule has 0 aliphatic heterocycles. The molecule has 104 valence electrons. The summed E-state index contributed by atoms with van der Waals surface area (Å²) in [5.41, 5.74) is 0.0352. The minimum Gasteiger partial charge on any atom is -0.478 e. The van der Waals surface area contributed by atoms with Gasteiger partial charge >= 0.3 is 5.97 Å². The fourth-order valence-electron chi connectivity index (χ4n) is 1.56. The number of carboxylic acids is 1. The lowest BCUT2D eigenvalue weighted by Gasteiger charge is -2.05. The van der Waals surface area contributed by atoms with E-state index in [2.05, 4.69) is 25.6 Å². The van der Waals surface area contributed by atoms with Crippen LogP contribution in [0, 0.1) is 12.7 Å². The van der Waals surface area contributed by atoms with Crippen LogP contribution in [-0.4, -0.2) is 21.4 Å². The molecule has 2 N–H and O–H groups in total. The number of aryl methyl sites for hydroxylation is 1. The average Bonchev–Trinajstić information content (AvgIpc) is 2.73. The van der Waals surface area contributed by atoms with Crippen LogP contribution in [0.1, 0.15) is 26.4 Å². The molecule has 5 nitrogen and oxygen atoms in total.